The zero-order valence-electron chi connectivity index (χ0n) is 8.78. The Kier molecular flexibility index (Phi) is 5.43. The van der Waals surface area contributed by atoms with Crippen molar-refractivity contribution in [1.29, 1.82) is 0 Å². The van der Waals surface area contributed by atoms with Crippen molar-refractivity contribution < 1.29 is 4.79 Å². The molecular formula is C11H16ClNO. The summed E-state index contributed by atoms with van der Waals surface area (Å²) in [6.07, 6.45) is 0. The molecule has 1 aromatic rings. The van der Waals surface area contributed by atoms with Gasteiger partial charge >= 0.3 is 0 Å². The third kappa shape index (κ3) is 3.48. The van der Waals surface area contributed by atoms with Crippen molar-refractivity contribution in [3.05, 3.63) is 35.4 Å². The van der Waals surface area contributed by atoms with Crippen LogP contribution in [0.2, 0.25) is 0 Å². The molecule has 0 unspecified atom stereocenters. The van der Waals surface area contributed by atoms with Crippen LogP contribution in [0, 0.1) is 6.92 Å². The summed E-state index contributed by atoms with van der Waals surface area (Å²) in [5.74, 6) is 0.183. The van der Waals surface area contributed by atoms with Crippen LogP contribution < -0.4 is 0 Å². The van der Waals surface area contributed by atoms with Crippen LogP contribution in [0.25, 0.3) is 0 Å². The molecule has 0 aliphatic carbocycles. The Labute approximate surface area is 91.3 Å². The largest absolute Gasteiger partial charge is 0.302 e. The smallest absolute Gasteiger partial charge is 0.177 e. The summed E-state index contributed by atoms with van der Waals surface area (Å²) in [7, 11) is 3.80. The lowest BCUT2D eigenvalue weighted by atomic mass is 10.1. The van der Waals surface area contributed by atoms with Crippen LogP contribution in [0.1, 0.15) is 15.9 Å². The van der Waals surface area contributed by atoms with Gasteiger partial charge in [-0.05, 0) is 26.6 Å². The van der Waals surface area contributed by atoms with Crippen molar-refractivity contribution >= 4 is 18.2 Å². The zero-order chi connectivity index (χ0) is 9.84. The van der Waals surface area contributed by atoms with Crippen LogP contribution in [0.5, 0.6) is 0 Å². The number of rotatable bonds is 3. The Balaban J connectivity index is 0.00000169. The number of hydrogen-bond acceptors (Lipinski definition) is 2. The molecule has 0 fully saturated rings. The number of nitrogens with zero attached hydrogens (tertiary/aromatic N) is 1. The molecule has 0 radical (unpaired) electrons. The van der Waals surface area contributed by atoms with Gasteiger partial charge in [-0.2, -0.15) is 0 Å². The lowest BCUT2D eigenvalue weighted by Crippen LogP contribution is -2.22. The fraction of sp³-hybridized carbons (Fsp3) is 0.364. The predicted octanol–water partition coefficient (Wildman–Crippen LogP) is 2.16. The van der Waals surface area contributed by atoms with E-state index in [1.807, 2.05) is 50.2 Å². The van der Waals surface area contributed by atoms with Gasteiger partial charge in [0.1, 0.15) is 0 Å². The molecule has 1 aromatic carbocycles. The van der Waals surface area contributed by atoms with Crippen molar-refractivity contribution in [3.63, 3.8) is 0 Å². The molecule has 1 rings (SSSR count). The Morgan fingerprint density at radius 3 is 2.36 bits per heavy atom. The van der Waals surface area contributed by atoms with Crippen LogP contribution in [-0.2, 0) is 0 Å². The van der Waals surface area contributed by atoms with Crippen molar-refractivity contribution in [1.82, 2.24) is 4.90 Å². The van der Waals surface area contributed by atoms with Crippen LogP contribution >= 0.6 is 12.4 Å². The maximum atomic E-state index is 11.6. The van der Waals surface area contributed by atoms with E-state index < -0.39 is 0 Å². The second kappa shape index (κ2) is 5.78. The monoisotopic (exact) mass is 213 g/mol. The number of carbonyl (C=O) groups excluding carboxylic acids is 1. The number of halogens is 1. The Morgan fingerprint density at radius 2 is 1.86 bits per heavy atom. The number of carbonyl (C=O) groups is 1. The zero-order valence-corrected chi connectivity index (χ0v) is 9.60. The molecule has 0 spiro atoms. The minimum atomic E-state index is 0. The van der Waals surface area contributed by atoms with E-state index in [1.54, 1.807) is 0 Å². The third-order valence-electron chi connectivity index (χ3n) is 1.91. The van der Waals surface area contributed by atoms with Gasteiger partial charge in [0, 0.05) is 5.56 Å². The minimum absolute atomic E-state index is 0. The van der Waals surface area contributed by atoms with Gasteiger partial charge in [-0.15, -0.1) is 12.4 Å². The van der Waals surface area contributed by atoms with E-state index in [0.717, 1.165) is 11.1 Å². The van der Waals surface area contributed by atoms with Gasteiger partial charge in [-0.3, -0.25) is 4.79 Å². The van der Waals surface area contributed by atoms with E-state index in [0.29, 0.717) is 6.54 Å². The number of benzene rings is 1. The van der Waals surface area contributed by atoms with E-state index in [1.165, 1.54) is 0 Å². The van der Waals surface area contributed by atoms with Crippen molar-refractivity contribution in [2.75, 3.05) is 20.6 Å². The van der Waals surface area contributed by atoms with Crippen LogP contribution in [-0.4, -0.2) is 31.3 Å². The molecule has 0 aromatic heterocycles. The Hall–Kier alpha value is -0.860. The SMILES string of the molecule is Cc1ccccc1C(=O)CN(C)C.Cl. The molecule has 0 amide bonds. The van der Waals surface area contributed by atoms with Gasteiger partial charge in [-0.1, -0.05) is 24.3 Å². The molecule has 0 saturated carbocycles. The lowest BCUT2D eigenvalue weighted by molar-refractivity contribution is 0.0957. The summed E-state index contributed by atoms with van der Waals surface area (Å²) in [6.45, 7) is 2.44. The van der Waals surface area contributed by atoms with E-state index >= 15 is 0 Å². The van der Waals surface area contributed by atoms with Gasteiger partial charge in [0.15, 0.2) is 5.78 Å². The van der Waals surface area contributed by atoms with Crippen LogP contribution in [0.3, 0.4) is 0 Å². The minimum Gasteiger partial charge on any atom is -0.302 e. The first-order valence-electron chi connectivity index (χ1n) is 4.35. The number of hydrogen-bond donors (Lipinski definition) is 0. The van der Waals surface area contributed by atoms with Gasteiger partial charge in [0.2, 0.25) is 0 Å². The summed E-state index contributed by atoms with van der Waals surface area (Å²) in [5.41, 5.74) is 1.88. The van der Waals surface area contributed by atoms with E-state index in [2.05, 4.69) is 0 Å². The van der Waals surface area contributed by atoms with E-state index in [-0.39, 0.29) is 18.2 Å². The molecule has 0 aliphatic heterocycles. The highest BCUT2D eigenvalue weighted by Crippen LogP contribution is 2.07. The first-order valence-corrected chi connectivity index (χ1v) is 4.35. The molecule has 3 heteroatoms. The highest BCUT2D eigenvalue weighted by Gasteiger charge is 2.08. The first-order chi connectivity index (χ1) is 6.11. The number of aryl methyl sites for hydroxylation is 1. The second-order valence-corrected chi connectivity index (χ2v) is 3.48. The molecule has 14 heavy (non-hydrogen) atoms. The van der Waals surface area contributed by atoms with Crippen LogP contribution in [0.15, 0.2) is 24.3 Å². The maximum absolute atomic E-state index is 11.6. The molecule has 0 saturated heterocycles. The summed E-state index contributed by atoms with van der Waals surface area (Å²) >= 11 is 0. The highest BCUT2D eigenvalue weighted by molar-refractivity contribution is 5.98. The fourth-order valence-corrected chi connectivity index (χ4v) is 1.26. The third-order valence-corrected chi connectivity index (χ3v) is 1.91. The number of likely N-dealkylation sites (N-methyl/N-ethyl adjacent to an activating group) is 1. The average molecular weight is 214 g/mol. The van der Waals surface area contributed by atoms with Gasteiger partial charge < -0.3 is 4.90 Å². The number of ketones is 1. The fourth-order valence-electron chi connectivity index (χ4n) is 1.26. The van der Waals surface area contributed by atoms with Crippen molar-refractivity contribution in [2.24, 2.45) is 0 Å². The highest BCUT2D eigenvalue weighted by atomic mass is 35.5. The molecule has 0 heterocycles. The second-order valence-electron chi connectivity index (χ2n) is 3.48. The first kappa shape index (κ1) is 13.1. The molecule has 0 aliphatic rings. The topological polar surface area (TPSA) is 20.3 Å². The predicted molar refractivity (Wildman–Crippen MR) is 61.3 cm³/mol. The Morgan fingerprint density at radius 1 is 1.29 bits per heavy atom. The van der Waals surface area contributed by atoms with E-state index in [9.17, 15) is 4.79 Å². The summed E-state index contributed by atoms with van der Waals surface area (Å²) in [6, 6.07) is 7.68. The van der Waals surface area contributed by atoms with Crippen molar-refractivity contribution in [2.45, 2.75) is 6.92 Å². The van der Waals surface area contributed by atoms with Crippen LogP contribution in [0.4, 0.5) is 0 Å². The molecule has 2 nitrogen and oxygen atoms in total. The molecule has 0 bridgehead atoms. The summed E-state index contributed by atoms with van der Waals surface area (Å²) < 4.78 is 0. The number of Topliss-reactive ketones (excluding diaryl/α,β-unsaturated/α-hetero) is 1. The molecule has 0 atom stereocenters. The normalized spacial score (nSPS) is 9.71. The van der Waals surface area contributed by atoms with E-state index in [4.69, 9.17) is 0 Å². The average Bonchev–Trinajstić information content (AvgIpc) is 2.03. The quantitative estimate of drug-likeness (QED) is 0.718. The standard InChI is InChI=1S/C11H15NO.ClH/c1-9-6-4-5-7-10(9)11(13)8-12(2)3;/h4-7H,8H2,1-3H3;1H. The van der Waals surface area contributed by atoms with Gasteiger partial charge in [-0.25, -0.2) is 0 Å². The molecular weight excluding hydrogens is 198 g/mol. The summed E-state index contributed by atoms with van der Waals surface area (Å²) in [5, 5.41) is 0. The maximum Gasteiger partial charge on any atom is 0.177 e. The van der Waals surface area contributed by atoms with Gasteiger partial charge in [0.05, 0.1) is 6.54 Å². The van der Waals surface area contributed by atoms with Gasteiger partial charge in [0.25, 0.3) is 0 Å². The van der Waals surface area contributed by atoms with Crippen molar-refractivity contribution in [3.8, 4) is 0 Å². The Bertz CT molecular complexity index is 310. The molecule has 0 N–H and O–H groups in total. The summed E-state index contributed by atoms with van der Waals surface area (Å²) in [4.78, 5) is 13.5. The lowest BCUT2D eigenvalue weighted by Gasteiger charge is -2.09. The molecule has 78 valence electrons.